The van der Waals surface area contributed by atoms with Gasteiger partial charge in [-0.15, -0.1) is 0 Å². The average Bonchev–Trinajstić information content (AvgIpc) is 2.16. The minimum Gasteiger partial charge on any atom is -0.494 e. The Labute approximate surface area is 80.7 Å². The fraction of sp³-hybridized carbons (Fsp3) is 0.500. The Balaban J connectivity index is 2.56. The maximum atomic E-state index is 5.40. The lowest BCUT2D eigenvalue weighted by Crippen LogP contribution is -1.92. The van der Waals surface area contributed by atoms with Crippen LogP contribution in [-0.4, -0.2) is 6.61 Å². The standard InChI is InChI=1S/C12H17O/c1-3-5-7-11-8-6-9-12(10-11)13-4-2/h8-10H,3-5,7H2,1-2H3. The van der Waals surface area contributed by atoms with Crippen LogP contribution in [0.25, 0.3) is 0 Å². The zero-order valence-corrected chi connectivity index (χ0v) is 8.47. The molecule has 1 heteroatoms. The van der Waals surface area contributed by atoms with Gasteiger partial charge < -0.3 is 4.74 Å². The number of rotatable bonds is 5. The molecule has 0 bridgehead atoms. The predicted octanol–water partition coefficient (Wildman–Crippen LogP) is 3.23. The fourth-order valence-electron chi connectivity index (χ4n) is 1.27. The van der Waals surface area contributed by atoms with Gasteiger partial charge in [0.05, 0.1) is 6.61 Å². The molecule has 1 rings (SSSR count). The van der Waals surface area contributed by atoms with Crippen LogP contribution in [0.5, 0.6) is 5.75 Å². The van der Waals surface area contributed by atoms with Crippen molar-refractivity contribution in [2.75, 3.05) is 6.61 Å². The molecule has 0 aliphatic rings. The maximum Gasteiger partial charge on any atom is 0.120 e. The van der Waals surface area contributed by atoms with Gasteiger partial charge in [-0.25, -0.2) is 0 Å². The molecule has 0 spiro atoms. The van der Waals surface area contributed by atoms with Crippen LogP contribution in [0.3, 0.4) is 0 Å². The van der Waals surface area contributed by atoms with Gasteiger partial charge >= 0.3 is 0 Å². The lowest BCUT2D eigenvalue weighted by Gasteiger charge is -2.04. The zero-order valence-electron chi connectivity index (χ0n) is 8.47. The summed E-state index contributed by atoms with van der Waals surface area (Å²) in [6.07, 6.45) is 3.61. The van der Waals surface area contributed by atoms with Crippen LogP contribution in [0.4, 0.5) is 0 Å². The van der Waals surface area contributed by atoms with Gasteiger partial charge in [-0.05, 0) is 43.5 Å². The molecule has 0 amide bonds. The van der Waals surface area contributed by atoms with E-state index in [0.717, 1.165) is 18.8 Å². The van der Waals surface area contributed by atoms with E-state index in [2.05, 4.69) is 19.1 Å². The Morgan fingerprint density at radius 1 is 1.31 bits per heavy atom. The Hall–Kier alpha value is -0.980. The van der Waals surface area contributed by atoms with E-state index in [1.54, 1.807) is 0 Å². The highest BCUT2D eigenvalue weighted by molar-refractivity contribution is 5.27. The SMILES string of the molecule is CCCCc1c[c]cc(OCC)c1. The van der Waals surface area contributed by atoms with Gasteiger partial charge in [-0.3, -0.25) is 0 Å². The summed E-state index contributed by atoms with van der Waals surface area (Å²) in [4.78, 5) is 0. The molecule has 0 atom stereocenters. The van der Waals surface area contributed by atoms with E-state index < -0.39 is 0 Å². The molecular formula is C12H17O. The number of hydrogen-bond donors (Lipinski definition) is 0. The molecule has 0 aliphatic heterocycles. The summed E-state index contributed by atoms with van der Waals surface area (Å²) >= 11 is 0. The van der Waals surface area contributed by atoms with Crippen LogP contribution in [0.15, 0.2) is 18.2 Å². The van der Waals surface area contributed by atoms with Gasteiger partial charge in [0.15, 0.2) is 0 Å². The van der Waals surface area contributed by atoms with Gasteiger partial charge in [-0.1, -0.05) is 19.4 Å². The van der Waals surface area contributed by atoms with Crippen LogP contribution in [0.1, 0.15) is 32.3 Å². The van der Waals surface area contributed by atoms with Crippen molar-refractivity contribution in [2.24, 2.45) is 0 Å². The van der Waals surface area contributed by atoms with E-state index in [4.69, 9.17) is 4.74 Å². The van der Waals surface area contributed by atoms with Crippen molar-refractivity contribution in [3.05, 3.63) is 29.8 Å². The number of benzene rings is 1. The van der Waals surface area contributed by atoms with Gasteiger partial charge in [0.25, 0.3) is 0 Å². The van der Waals surface area contributed by atoms with Crippen LogP contribution in [-0.2, 0) is 6.42 Å². The summed E-state index contributed by atoms with van der Waals surface area (Å²) in [5.74, 6) is 0.941. The summed E-state index contributed by atoms with van der Waals surface area (Å²) in [5.41, 5.74) is 1.33. The first-order valence-electron chi connectivity index (χ1n) is 4.99. The number of aryl methyl sites for hydroxylation is 1. The highest BCUT2D eigenvalue weighted by Gasteiger charge is 1.95. The van der Waals surface area contributed by atoms with Gasteiger partial charge in [0.2, 0.25) is 0 Å². The average molecular weight is 177 g/mol. The summed E-state index contributed by atoms with van der Waals surface area (Å²) in [7, 11) is 0. The molecule has 0 fully saturated rings. The zero-order chi connectivity index (χ0) is 9.52. The summed E-state index contributed by atoms with van der Waals surface area (Å²) < 4.78 is 5.40. The van der Waals surface area contributed by atoms with Crippen molar-refractivity contribution in [1.29, 1.82) is 0 Å². The van der Waals surface area contributed by atoms with Crippen molar-refractivity contribution in [1.82, 2.24) is 0 Å². The fourth-order valence-corrected chi connectivity index (χ4v) is 1.27. The first-order chi connectivity index (χ1) is 6.36. The molecule has 0 heterocycles. The monoisotopic (exact) mass is 177 g/mol. The van der Waals surface area contributed by atoms with Crippen molar-refractivity contribution >= 4 is 0 Å². The van der Waals surface area contributed by atoms with Gasteiger partial charge in [-0.2, -0.15) is 0 Å². The van der Waals surface area contributed by atoms with E-state index in [1.165, 1.54) is 18.4 Å². The second-order valence-corrected chi connectivity index (χ2v) is 3.11. The molecule has 0 aromatic heterocycles. The first-order valence-corrected chi connectivity index (χ1v) is 4.99. The third-order valence-electron chi connectivity index (χ3n) is 1.95. The largest absolute Gasteiger partial charge is 0.494 e. The minimum absolute atomic E-state index is 0.727. The van der Waals surface area contributed by atoms with Crippen LogP contribution in [0, 0.1) is 6.07 Å². The van der Waals surface area contributed by atoms with Crippen molar-refractivity contribution in [2.45, 2.75) is 33.1 Å². The summed E-state index contributed by atoms with van der Waals surface area (Å²) in [5, 5.41) is 0. The van der Waals surface area contributed by atoms with Gasteiger partial charge in [0.1, 0.15) is 5.75 Å². The van der Waals surface area contributed by atoms with E-state index in [1.807, 2.05) is 19.1 Å². The van der Waals surface area contributed by atoms with E-state index in [0.29, 0.717) is 0 Å². The van der Waals surface area contributed by atoms with Gasteiger partial charge in [0, 0.05) is 0 Å². The molecular weight excluding hydrogens is 160 g/mol. The Bertz CT molecular complexity index is 243. The lowest BCUT2D eigenvalue weighted by molar-refractivity contribution is 0.340. The van der Waals surface area contributed by atoms with E-state index in [-0.39, 0.29) is 0 Å². The highest BCUT2D eigenvalue weighted by atomic mass is 16.5. The van der Waals surface area contributed by atoms with E-state index in [9.17, 15) is 0 Å². The maximum absolute atomic E-state index is 5.40. The number of hydrogen-bond acceptors (Lipinski definition) is 1. The summed E-state index contributed by atoms with van der Waals surface area (Å²) in [6, 6.07) is 9.13. The molecule has 1 aromatic rings. The first kappa shape index (κ1) is 10.1. The van der Waals surface area contributed by atoms with Crippen LogP contribution < -0.4 is 4.74 Å². The molecule has 0 saturated carbocycles. The molecule has 1 aromatic carbocycles. The molecule has 0 unspecified atom stereocenters. The topological polar surface area (TPSA) is 9.23 Å². The quantitative estimate of drug-likeness (QED) is 0.671. The Morgan fingerprint density at radius 3 is 2.85 bits per heavy atom. The Kier molecular flexibility index (Phi) is 4.37. The number of unbranched alkanes of at least 4 members (excludes halogenated alkanes) is 1. The normalized spacial score (nSPS) is 10.0. The second-order valence-electron chi connectivity index (χ2n) is 3.11. The van der Waals surface area contributed by atoms with Crippen LogP contribution in [0.2, 0.25) is 0 Å². The molecule has 1 nitrogen and oxygen atoms in total. The minimum atomic E-state index is 0.727. The molecule has 0 N–H and O–H groups in total. The van der Waals surface area contributed by atoms with E-state index >= 15 is 0 Å². The van der Waals surface area contributed by atoms with Crippen molar-refractivity contribution in [3.63, 3.8) is 0 Å². The predicted molar refractivity (Wildman–Crippen MR) is 55.1 cm³/mol. The molecule has 71 valence electrons. The second kappa shape index (κ2) is 5.63. The summed E-state index contributed by atoms with van der Waals surface area (Å²) in [6.45, 7) is 4.93. The molecule has 0 aliphatic carbocycles. The van der Waals surface area contributed by atoms with Crippen molar-refractivity contribution in [3.8, 4) is 5.75 Å². The lowest BCUT2D eigenvalue weighted by atomic mass is 10.1. The third-order valence-corrected chi connectivity index (χ3v) is 1.95. The highest BCUT2D eigenvalue weighted by Crippen LogP contribution is 2.14. The third kappa shape index (κ3) is 3.49. The Morgan fingerprint density at radius 2 is 2.15 bits per heavy atom. The van der Waals surface area contributed by atoms with Crippen molar-refractivity contribution < 1.29 is 4.74 Å². The van der Waals surface area contributed by atoms with Crippen LogP contribution >= 0.6 is 0 Å². The molecule has 13 heavy (non-hydrogen) atoms. The molecule has 0 saturated heterocycles. The smallest absolute Gasteiger partial charge is 0.120 e. The molecule has 1 radical (unpaired) electrons. The number of ether oxygens (including phenoxy) is 1.